The SMILES string of the molecule is C=O.CC(C)(C)c1ccc2c(-c3scc(-c4ccccc4OCCCCOc4ccccc4-c4csc(-c5c6ccc(C(C)(C)C)cc6cc6ccc(C(C)(C)C)cc56)c4O)c3O)c3cc(C(C)(C)C)ccc3cc2c1.CC(C)(C)c1ccc2c(B3OC(C)(C)C(C)(C)O3)c3cc(C(C)(C)C)ccc3cc2c1.CCOCOc1c(-c2ccccc2OCCCCOc2ccccc2-c2csc(Br)c2OCC)csc1Br. The molecule has 756 valence electrons. The van der Waals surface area contributed by atoms with Crippen LogP contribution in [0.1, 0.15) is 225 Å². The first-order valence-corrected chi connectivity index (χ1v) is 55.5. The van der Waals surface area contributed by atoms with Gasteiger partial charge in [-0.3, -0.25) is 0 Å². The van der Waals surface area contributed by atoms with Crippen LogP contribution in [0.5, 0.6) is 46.0 Å². The van der Waals surface area contributed by atoms with Crippen molar-refractivity contribution in [3.8, 4) is 111 Å². The van der Waals surface area contributed by atoms with E-state index >= 15 is 0 Å². The number of thiophene rings is 4. The third-order valence-corrected chi connectivity index (χ3v) is 32.9. The monoisotopic (exact) mass is 2140 g/mol. The summed E-state index contributed by atoms with van der Waals surface area (Å²) in [5.41, 5.74) is 17.7. The number of hydrogen-bond acceptors (Lipinski definition) is 16. The number of hydrogen-bond donors (Lipinski definition) is 2. The largest absolute Gasteiger partial charge is 0.506 e. The second-order valence-electron chi connectivity index (χ2n) is 44.6. The van der Waals surface area contributed by atoms with E-state index in [1.54, 1.807) is 45.3 Å². The molecule has 0 bridgehead atoms. The molecule has 1 aliphatic heterocycles. The van der Waals surface area contributed by atoms with Gasteiger partial charge in [0.15, 0.2) is 18.3 Å². The summed E-state index contributed by atoms with van der Waals surface area (Å²) in [6, 6.07) is 80.0. The van der Waals surface area contributed by atoms with Crippen molar-refractivity contribution in [3.63, 3.8) is 0 Å². The molecule has 1 fully saturated rings. The number of carbonyl (C=O) groups is 1. The highest BCUT2D eigenvalue weighted by molar-refractivity contribution is 9.11. The minimum absolute atomic E-state index is 0.00516. The van der Waals surface area contributed by atoms with Crippen LogP contribution >= 0.6 is 77.2 Å². The van der Waals surface area contributed by atoms with E-state index in [9.17, 15) is 10.2 Å². The molecule has 2 N–H and O–H groups in total. The van der Waals surface area contributed by atoms with Crippen molar-refractivity contribution >= 4 is 161 Å². The molecule has 0 atom stereocenters. The highest BCUT2D eigenvalue weighted by Crippen LogP contribution is 2.55. The third-order valence-electron chi connectivity index (χ3n) is 27.6. The smallest absolute Gasteiger partial charge is 0.496 e. The van der Waals surface area contributed by atoms with Gasteiger partial charge in [0.1, 0.15) is 48.9 Å². The van der Waals surface area contributed by atoms with Gasteiger partial charge in [0.05, 0.1) is 54.0 Å². The summed E-state index contributed by atoms with van der Waals surface area (Å²) in [4.78, 5) is 9.71. The Balaban J connectivity index is 0.000000185. The maximum Gasteiger partial charge on any atom is 0.496 e. The lowest BCUT2D eigenvalue weighted by molar-refractivity contribution is -0.0980. The molecule has 19 heteroatoms. The summed E-state index contributed by atoms with van der Waals surface area (Å²) >= 11 is 13.6. The van der Waals surface area contributed by atoms with E-state index in [1.807, 2.05) is 106 Å². The van der Waals surface area contributed by atoms with E-state index in [2.05, 4.69) is 345 Å². The van der Waals surface area contributed by atoms with Crippen molar-refractivity contribution in [2.75, 3.05) is 46.4 Å². The number of aromatic hydroxyl groups is 2. The molecule has 5 heterocycles. The predicted molar refractivity (Wildman–Crippen MR) is 624 cm³/mol. The number of para-hydroxylation sites is 4. The van der Waals surface area contributed by atoms with Gasteiger partial charge >= 0.3 is 7.12 Å². The van der Waals surface area contributed by atoms with Crippen LogP contribution in [0.15, 0.2) is 254 Å². The van der Waals surface area contributed by atoms with Crippen molar-refractivity contribution in [1.82, 2.24) is 0 Å². The van der Waals surface area contributed by atoms with Crippen LogP contribution in [0.25, 0.3) is 130 Å². The Morgan fingerprint density at radius 3 is 0.945 bits per heavy atom. The number of carbonyl (C=O) groups excluding carboxylic acids is 1. The van der Waals surface area contributed by atoms with Crippen molar-refractivity contribution in [2.24, 2.45) is 0 Å². The molecule has 1 saturated heterocycles. The van der Waals surface area contributed by atoms with Crippen LogP contribution < -0.4 is 33.9 Å². The van der Waals surface area contributed by atoms with Crippen LogP contribution in [-0.4, -0.2) is 81.8 Å². The molecule has 13 aromatic carbocycles. The molecular formula is C126H139BBr2O12S4. The molecule has 17 aromatic rings. The van der Waals surface area contributed by atoms with E-state index in [0.717, 1.165) is 171 Å². The second kappa shape index (κ2) is 44.7. The van der Waals surface area contributed by atoms with E-state index in [0.29, 0.717) is 39.6 Å². The van der Waals surface area contributed by atoms with Crippen molar-refractivity contribution in [2.45, 2.75) is 236 Å². The topological polar surface area (TPSA) is 141 Å². The molecule has 0 aliphatic carbocycles. The standard InChI is InChI=1S/C68H70O4S2.C29H30Br2O5S2.C28H37BO2.CH2O/c1-65(2,3)45-27-29-49-43(35-45)33-41-23-25-47(67(7,8)9)37-53(41)59(49)63-61(69)55(39-73-63)51-19-13-15-21-57(51)71-31-17-18-32-72-58-22-16-14-20-52(58)56-40-74-64(62(56)70)60-50-30-28-46(66(4,5)6)36-44(50)34-42-24-26-48(38-54(42)60)68(10,11)12;1-3-32-19-36-27-23(18-38-29(27)31)21-12-6-8-14-25(21)35-16-10-9-15-34-24-13-7-5-11-20(24)22-17-37-28(30)26(22)33-4-2;1-25(2,3)20-13-14-22-19(16-20)15-18-11-12-21(26(4,5)6)17-23(18)24(22)29-30-27(7,8)28(9,10)31-29;1-2/h13-16,19-30,33-40,69-70H,17-18,31-32H2,1-12H3;5-8,11-14,17-18H,3-4,9-10,15-16,19H2,1-2H3;11-17H,1-10H3;1H2. The first-order chi connectivity index (χ1) is 68.8. The molecular weight excluding hydrogens is 2000 g/mol. The zero-order valence-electron chi connectivity index (χ0n) is 88.6. The number of ether oxygens (including phenoxy) is 7. The van der Waals surface area contributed by atoms with Gasteiger partial charge in [0, 0.05) is 83.8 Å². The van der Waals surface area contributed by atoms with Gasteiger partial charge in [-0.1, -0.05) is 294 Å². The van der Waals surface area contributed by atoms with Gasteiger partial charge < -0.3 is 57.5 Å². The quantitative estimate of drug-likeness (QED) is 0.0219. The molecule has 18 rings (SSSR count). The Kier molecular flexibility index (Phi) is 33.4. The molecule has 4 aromatic heterocycles. The Morgan fingerprint density at radius 2 is 0.607 bits per heavy atom. The van der Waals surface area contributed by atoms with E-state index in [4.69, 9.17) is 47.3 Å². The molecule has 0 spiro atoms. The van der Waals surface area contributed by atoms with Gasteiger partial charge in [0.25, 0.3) is 0 Å². The first-order valence-electron chi connectivity index (χ1n) is 50.4. The van der Waals surface area contributed by atoms with E-state index in [1.165, 1.54) is 65.7 Å². The summed E-state index contributed by atoms with van der Waals surface area (Å²) in [5.74, 6) is 5.33. The Labute approximate surface area is 891 Å². The van der Waals surface area contributed by atoms with Gasteiger partial charge in [-0.25, -0.2) is 0 Å². The second-order valence-corrected chi connectivity index (χ2v) is 50.8. The average Bonchev–Trinajstić information content (AvgIpc) is 1.63. The van der Waals surface area contributed by atoms with Crippen LogP contribution in [0.2, 0.25) is 0 Å². The van der Waals surface area contributed by atoms with Crippen LogP contribution in [0, 0.1) is 0 Å². The molecule has 0 unspecified atom stereocenters. The normalized spacial score (nSPS) is 13.4. The fourth-order valence-electron chi connectivity index (χ4n) is 18.4. The minimum Gasteiger partial charge on any atom is -0.506 e. The number of halogens is 2. The summed E-state index contributed by atoms with van der Waals surface area (Å²) in [6.07, 6.45) is 3.27. The maximum atomic E-state index is 12.3. The fraction of sp³-hybridized carbons (Fsp3) is 0.341. The van der Waals surface area contributed by atoms with E-state index in [-0.39, 0.29) is 62.0 Å². The van der Waals surface area contributed by atoms with E-state index < -0.39 is 7.12 Å². The van der Waals surface area contributed by atoms with Gasteiger partial charge in [-0.05, 0) is 290 Å². The number of benzene rings is 13. The highest BCUT2D eigenvalue weighted by atomic mass is 79.9. The van der Waals surface area contributed by atoms with Gasteiger partial charge in [-0.2, -0.15) is 0 Å². The molecule has 0 radical (unpaired) electrons. The molecule has 0 saturated carbocycles. The zero-order valence-corrected chi connectivity index (χ0v) is 95.0. The molecule has 12 nitrogen and oxygen atoms in total. The number of rotatable bonds is 27. The van der Waals surface area contributed by atoms with Crippen molar-refractivity contribution in [1.29, 1.82) is 0 Å². The third kappa shape index (κ3) is 24.1. The van der Waals surface area contributed by atoms with Gasteiger partial charge in [0.2, 0.25) is 0 Å². The van der Waals surface area contributed by atoms with Crippen LogP contribution in [0.4, 0.5) is 0 Å². The highest BCUT2D eigenvalue weighted by Gasteiger charge is 2.53. The Bertz CT molecular complexity index is 7240. The molecule has 0 amide bonds. The van der Waals surface area contributed by atoms with Crippen LogP contribution in [0.3, 0.4) is 0 Å². The lowest BCUT2D eigenvalue weighted by Gasteiger charge is -2.32. The molecule has 145 heavy (non-hydrogen) atoms. The number of fused-ring (bicyclic) bond motifs is 6. The average molecular weight is 2140 g/mol. The van der Waals surface area contributed by atoms with Crippen LogP contribution in [-0.2, 0) is 51.3 Å². The summed E-state index contributed by atoms with van der Waals surface area (Å²) in [7, 11) is -0.396. The van der Waals surface area contributed by atoms with Crippen molar-refractivity contribution < 1.29 is 57.5 Å². The summed E-state index contributed by atoms with van der Waals surface area (Å²) in [5, 5.41) is 47.0. The number of unbranched alkanes of at least 4 members (excludes halogenated alkanes) is 2. The Morgan fingerprint density at radius 1 is 0.317 bits per heavy atom. The molecule has 1 aliphatic rings. The summed E-state index contributed by atoms with van der Waals surface area (Å²) in [6.45, 7) is 58.6. The fourth-order valence-corrected chi connectivity index (χ4v) is 23.1. The Hall–Kier alpha value is -10.8. The predicted octanol–water partition coefficient (Wildman–Crippen LogP) is 36.3. The minimum atomic E-state index is -0.396. The maximum absolute atomic E-state index is 12.3. The lowest BCUT2D eigenvalue weighted by Crippen LogP contribution is -2.41. The van der Waals surface area contributed by atoms with Crippen molar-refractivity contribution in [3.05, 3.63) is 287 Å². The zero-order chi connectivity index (χ0) is 104. The first kappa shape index (κ1) is 108. The lowest BCUT2D eigenvalue weighted by atomic mass is 9.71. The van der Waals surface area contributed by atoms with Gasteiger partial charge in [-0.15, -0.1) is 45.3 Å². The summed E-state index contributed by atoms with van der Waals surface area (Å²) < 4.78 is 57.6.